The number of esters is 1. The first-order valence-corrected chi connectivity index (χ1v) is 6.72. The van der Waals surface area contributed by atoms with E-state index in [4.69, 9.17) is 11.2 Å². The van der Waals surface area contributed by atoms with Crippen molar-refractivity contribution in [1.29, 1.82) is 0 Å². The summed E-state index contributed by atoms with van der Waals surface area (Å²) in [5.74, 6) is 2.82. The first-order chi connectivity index (χ1) is 9.03. The van der Waals surface area contributed by atoms with Gasteiger partial charge in [-0.25, -0.2) is 0 Å². The summed E-state index contributed by atoms with van der Waals surface area (Å²) in [7, 11) is 1.41. The highest BCUT2D eigenvalue weighted by Gasteiger charge is 2.38. The van der Waals surface area contributed by atoms with Gasteiger partial charge in [0.1, 0.15) is 6.04 Å². The molecule has 0 spiro atoms. The number of rotatable bonds is 9. The lowest BCUT2D eigenvalue weighted by Crippen LogP contribution is -2.40. The first-order valence-electron chi connectivity index (χ1n) is 6.72. The van der Waals surface area contributed by atoms with E-state index < -0.39 is 0 Å². The molecular formula is C14H23N3O2. The molecule has 0 saturated heterocycles. The van der Waals surface area contributed by atoms with Crippen LogP contribution in [0.2, 0.25) is 0 Å². The zero-order chi connectivity index (χ0) is 14.3. The van der Waals surface area contributed by atoms with Gasteiger partial charge in [0.15, 0.2) is 5.66 Å². The van der Waals surface area contributed by atoms with E-state index in [-0.39, 0.29) is 17.7 Å². The van der Waals surface area contributed by atoms with Crippen molar-refractivity contribution in [2.75, 3.05) is 13.7 Å². The molecule has 0 aromatic carbocycles. The molecule has 0 amide bonds. The van der Waals surface area contributed by atoms with Gasteiger partial charge in [-0.3, -0.25) is 4.79 Å². The third kappa shape index (κ3) is 5.39. The molecule has 0 aliphatic carbocycles. The van der Waals surface area contributed by atoms with E-state index in [1.807, 2.05) is 0 Å². The van der Waals surface area contributed by atoms with Crippen LogP contribution in [0.5, 0.6) is 0 Å². The molecule has 1 rings (SSSR count). The van der Waals surface area contributed by atoms with Crippen LogP contribution in [0, 0.1) is 18.3 Å². The van der Waals surface area contributed by atoms with E-state index in [1.165, 1.54) is 7.11 Å². The van der Waals surface area contributed by atoms with Crippen LogP contribution < -0.4 is 5.32 Å². The van der Waals surface area contributed by atoms with Crippen molar-refractivity contribution >= 4 is 5.97 Å². The highest BCUT2D eigenvalue weighted by Crippen LogP contribution is 2.36. The van der Waals surface area contributed by atoms with E-state index >= 15 is 0 Å². The normalized spacial score (nSPS) is 17.0. The molecule has 0 radical (unpaired) electrons. The second-order valence-corrected chi connectivity index (χ2v) is 5.30. The molecule has 1 N–H and O–H groups in total. The third-order valence-corrected chi connectivity index (χ3v) is 3.16. The Hall–Kier alpha value is -1.41. The number of methoxy groups -OCH3 is 1. The largest absolute Gasteiger partial charge is 0.468 e. The number of nitrogens with zero attached hydrogens (tertiary/aromatic N) is 2. The molecule has 5 heteroatoms. The Kier molecular flexibility index (Phi) is 5.97. The third-order valence-electron chi connectivity index (χ3n) is 3.16. The molecule has 0 fully saturated rings. The van der Waals surface area contributed by atoms with Gasteiger partial charge in [-0.2, -0.15) is 10.2 Å². The molecule has 0 saturated carbocycles. The monoisotopic (exact) mass is 265 g/mol. The molecular weight excluding hydrogens is 242 g/mol. The summed E-state index contributed by atoms with van der Waals surface area (Å²) >= 11 is 0. The van der Waals surface area contributed by atoms with Crippen molar-refractivity contribution < 1.29 is 9.53 Å². The predicted octanol–water partition coefficient (Wildman–Crippen LogP) is 2.13. The van der Waals surface area contributed by atoms with Crippen LogP contribution in [-0.4, -0.2) is 31.3 Å². The van der Waals surface area contributed by atoms with E-state index in [2.05, 4.69) is 35.3 Å². The molecule has 106 valence electrons. The molecule has 1 atom stereocenters. The fourth-order valence-corrected chi connectivity index (χ4v) is 1.99. The Labute approximate surface area is 115 Å². The zero-order valence-corrected chi connectivity index (χ0v) is 12.0. The van der Waals surface area contributed by atoms with Crippen molar-refractivity contribution in [1.82, 2.24) is 5.32 Å². The van der Waals surface area contributed by atoms with Gasteiger partial charge in [0, 0.05) is 25.8 Å². The van der Waals surface area contributed by atoms with Gasteiger partial charge in [-0.15, -0.1) is 12.3 Å². The molecule has 1 aliphatic heterocycles. The molecule has 5 nitrogen and oxygen atoms in total. The van der Waals surface area contributed by atoms with Crippen LogP contribution in [0.15, 0.2) is 10.2 Å². The summed E-state index contributed by atoms with van der Waals surface area (Å²) in [4.78, 5) is 11.6. The highest BCUT2D eigenvalue weighted by molar-refractivity contribution is 5.75. The van der Waals surface area contributed by atoms with Crippen LogP contribution in [0.3, 0.4) is 0 Å². The summed E-state index contributed by atoms with van der Waals surface area (Å²) < 4.78 is 4.80. The van der Waals surface area contributed by atoms with Gasteiger partial charge in [0.05, 0.1) is 7.11 Å². The van der Waals surface area contributed by atoms with Gasteiger partial charge in [-0.05, 0) is 12.3 Å². The first kappa shape index (κ1) is 15.6. The van der Waals surface area contributed by atoms with Gasteiger partial charge < -0.3 is 10.1 Å². The summed E-state index contributed by atoms with van der Waals surface area (Å²) in [6.07, 6.45) is 8.25. The second kappa shape index (κ2) is 7.25. The quantitative estimate of drug-likeness (QED) is 0.513. The topological polar surface area (TPSA) is 63.0 Å². The summed E-state index contributed by atoms with van der Waals surface area (Å²) in [6.45, 7) is 4.85. The minimum absolute atomic E-state index is 0.212. The lowest BCUT2D eigenvalue weighted by molar-refractivity contribution is -0.143. The average Bonchev–Trinajstić information content (AvgIpc) is 3.14. The summed E-state index contributed by atoms with van der Waals surface area (Å²) in [6, 6.07) is -0.256. The molecule has 0 aromatic rings. The number of ether oxygens (including phenoxy) is 1. The number of nitrogens with one attached hydrogen (secondary N) is 1. The smallest absolute Gasteiger partial charge is 0.322 e. The molecule has 0 bridgehead atoms. The van der Waals surface area contributed by atoms with Crippen molar-refractivity contribution in [2.24, 2.45) is 16.1 Å². The van der Waals surface area contributed by atoms with Crippen LogP contribution in [-0.2, 0) is 9.53 Å². The molecule has 0 aromatic heterocycles. The molecule has 1 heterocycles. The summed E-state index contributed by atoms with van der Waals surface area (Å²) in [5.41, 5.74) is -0.294. The van der Waals surface area contributed by atoms with Gasteiger partial charge in [0.25, 0.3) is 0 Å². The number of carbonyl (C=O) groups excluding carboxylic acids is 1. The lowest BCUT2D eigenvalue weighted by atomic mass is 10.0. The minimum Gasteiger partial charge on any atom is -0.468 e. The Bertz CT molecular complexity index is 365. The maximum absolute atomic E-state index is 11.6. The number of terminal acetylenes is 1. The summed E-state index contributed by atoms with van der Waals surface area (Å²) in [5, 5.41) is 11.4. The Morgan fingerprint density at radius 2 is 2.11 bits per heavy atom. The lowest BCUT2D eigenvalue weighted by Gasteiger charge is -2.19. The van der Waals surface area contributed by atoms with Crippen molar-refractivity contribution in [3.05, 3.63) is 0 Å². The van der Waals surface area contributed by atoms with Gasteiger partial charge >= 0.3 is 5.97 Å². The maximum Gasteiger partial charge on any atom is 0.322 e. The van der Waals surface area contributed by atoms with Crippen LogP contribution >= 0.6 is 0 Å². The maximum atomic E-state index is 11.6. The molecule has 0 unspecified atom stereocenters. The van der Waals surface area contributed by atoms with Crippen molar-refractivity contribution in [2.45, 2.75) is 51.2 Å². The fraction of sp³-hybridized carbons (Fsp3) is 0.786. The number of carbonyl (C=O) groups is 1. The number of hydrogen-bond acceptors (Lipinski definition) is 5. The van der Waals surface area contributed by atoms with Gasteiger partial charge in [-0.1, -0.05) is 13.8 Å². The van der Waals surface area contributed by atoms with Gasteiger partial charge in [0.2, 0.25) is 0 Å². The van der Waals surface area contributed by atoms with E-state index in [0.717, 1.165) is 19.3 Å². The minimum atomic E-state index is -0.294. The average molecular weight is 265 g/mol. The zero-order valence-electron chi connectivity index (χ0n) is 12.0. The Balaban J connectivity index is 2.32. The van der Waals surface area contributed by atoms with Crippen LogP contribution in [0.4, 0.5) is 0 Å². The van der Waals surface area contributed by atoms with E-state index in [1.54, 1.807) is 0 Å². The fourth-order valence-electron chi connectivity index (χ4n) is 1.99. The van der Waals surface area contributed by atoms with E-state index in [9.17, 15) is 4.79 Å². The second-order valence-electron chi connectivity index (χ2n) is 5.30. The SMILES string of the molecule is C#CCCC1(CCN[C@H](CC(C)C)C(=O)OC)N=N1. The Morgan fingerprint density at radius 1 is 1.42 bits per heavy atom. The molecule has 1 aliphatic rings. The predicted molar refractivity (Wildman–Crippen MR) is 73.5 cm³/mol. The van der Waals surface area contributed by atoms with E-state index in [0.29, 0.717) is 18.9 Å². The number of hydrogen-bond donors (Lipinski definition) is 1. The highest BCUT2D eigenvalue weighted by atomic mass is 16.5. The standard InChI is InChI=1S/C14H23N3O2/c1-5-6-7-14(16-17-14)8-9-15-12(10-11(2)3)13(18)19-4/h1,11-12,15H,6-10H2,2-4H3/t12-/m1/s1. The van der Waals surface area contributed by atoms with Crippen molar-refractivity contribution in [3.63, 3.8) is 0 Å². The van der Waals surface area contributed by atoms with Crippen LogP contribution in [0.1, 0.15) is 39.5 Å². The Morgan fingerprint density at radius 3 is 2.58 bits per heavy atom. The van der Waals surface area contributed by atoms with Crippen LogP contribution in [0.25, 0.3) is 0 Å². The van der Waals surface area contributed by atoms with Crippen molar-refractivity contribution in [3.8, 4) is 12.3 Å². The molecule has 19 heavy (non-hydrogen) atoms.